The standard InChI is InChI=1S/C26H21N5OS/c32-24(19-6-1-2-7-20(19)25-29-21-8-3-4-9-23(21)33-25)28-18-12-10-17(11-13-18)22-16-31-15-5-14-27-26(31)30-22/h1-5,8-16,19-20H,6-7H2,(H,28,32). The van der Waals surface area contributed by atoms with Crippen LogP contribution in [0.3, 0.4) is 0 Å². The summed E-state index contributed by atoms with van der Waals surface area (Å²) in [6.07, 6.45) is 11.4. The largest absolute Gasteiger partial charge is 0.326 e. The van der Waals surface area contributed by atoms with Crippen molar-refractivity contribution in [2.24, 2.45) is 5.92 Å². The number of carbonyl (C=O) groups excluding carboxylic acids is 1. The average Bonchev–Trinajstić information content (AvgIpc) is 3.49. The van der Waals surface area contributed by atoms with Gasteiger partial charge in [-0.25, -0.2) is 15.0 Å². The number of hydrogen-bond acceptors (Lipinski definition) is 5. The molecule has 2 unspecified atom stereocenters. The van der Waals surface area contributed by atoms with Crippen molar-refractivity contribution < 1.29 is 4.79 Å². The fourth-order valence-electron chi connectivity index (χ4n) is 4.35. The summed E-state index contributed by atoms with van der Waals surface area (Å²) >= 11 is 1.69. The molecule has 6 nitrogen and oxygen atoms in total. The van der Waals surface area contributed by atoms with E-state index in [9.17, 15) is 4.79 Å². The Kier molecular flexibility index (Phi) is 4.96. The van der Waals surface area contributed by atoms with Gasteiger partial charge in [-0.2, -0.15) is 0 Å². The molecular weight excluding hydrogens is 430 g/mol. The number of nitrogens with one attached hydrogen (secondary N) is 1. The van der Waals surface area contributed by atoms with E-state index in [1.807, 2.05) is 65.3 Å². The van der Waals surface area contributed by atoms with Crippen LogP contribution in [0, 0.1) is 5.92 Å². The molecule has 0 fully saturated rings. The van der Waals surface area contributed by atoms with E-state index in [4.69, 9.17) is 4.98 Å². The van der Waals surface area contributed by atoms with E-state index in [2.05, 4.69) is 33.5 Å². The quantitative estimate of drug-likeness (QED) is 0.356. The first-order chi connectivity index (χ1) is 16.2. The molecule has 33 heavy (non-hydrogen) atoms. The van der Waals surface area contributed by atoms with E-state index in [0.717, 1.165) is 40.3 Å². The van der Waals surface area contributed by atoms with Crippen LogP contribution < -0.4 is 5.32 Å². The highest BCUT2D eigenvalue weighted by Gasteiger charge is 2.32. The number of allylic oxidation sites excluding steroid dienone is 2. The zero-order valence-electron chi connectivity index (χ0n) is 17.8. The molecule has 1 amide bonds. The van der Waals surface area contributed by atoms with Crippen LogP contribution in [0.15, 0.2) is 85.3 Å². The summed E-state index contributed by atoms with van der Waals surface area (Å²) in [5, 5.41) is 4.15. The maximum atomic E-state index is 13.2. The number of anilines is 1. The minimum Gasteiger partial charge on any atom is -0.326 e. The number of thiazole rings is 1. The molecule has 5 aromatic rings. The van der Waals surface area contributed by atoms with E-state index in [1.165, 1.54) is 4.70 Å². The van der Waals surface area contributed by atoms with Gasteiger partial charge >= 0.3 is 0 Å². The van der Waals surface area contributed by atoms with Crippen molar-refractivity contribution in [1.82, 2.24) is 19.4 Å². The number of hydrogen-bond donors (Lipinski definition) is 1. The monoisotopic (exact) mass is 451 g/mol. The van der Waals surface area contributed by atoms with Crippen molar-refractivity contribution in [2.75, 3.05) is 5.32 Å². The van der Waals surface area contributed by atoms with Crippen molar-refractivity contribution in [2.45, 2.75) is 18.8 Å². The first-order valence-corrected chi connectivity index (χ1v) is 11.8. The predicted molar refractivity (Wildman–Crippen MR) is 131 cm³/mol. The normalized spacial score (nSPS) is 18.1. The summed E-state index contributed by atoms with van der Waals surface area (Å²) in [5.41, 5.74) is 3.61. The Balaban J connectivity index is 1.21. The molecule has 0 saturated carbocycles. The SMILES string of the molecule is O=C(Nc1ccc(-c2cn3cccnc3n2)cc1)C1CC=CCC1c1nc2ccccc2s1. The fourth-order valence-corrected chi connectivity index (χ4v) is 5.50. The molecule has 0 aliphatic heterocycles. The van der Waals surface area contributed by atoms with Gasteiger partial charge in [0, 0.05) is 35.8 Å². The maximum absolute atomic E-state index is 13.2. The maximum Gasteiger partial charge on any atom is 0.234 e. The number of amides is 1. The highest BCUT2D eigenvalue weighted by atomic mass is 32.1. The summed E-state index contributed by atoms with van der Waals surface area (Å²) in [5.74, 6) is 0.654. The Bertz CT molecular complexity index is 1420. The van der Waals surface area contributed by atoms with Crippen LogP contribution in [0.2, 0.25) is 0 Å². The molecule has 0 bridgehead atoms. The van der Waals surface area contributed by atoms with E-state index >= 15 is 0 Å². The predicted octanol–water partition coefficient (Wildman–Crippen LogP) is 5.69. The van der Waals surface area contributed by atoms with Gasteiger partial charge in [0.2, 0.25) is 11.7 Å². The lowest BCUT2D eigenvalue weighted by atomic mass is 9.82. The molecule has 2 atom stereocenters. The van der Waals surface area contributed by atoms with Crippen molar-refractivity contribution in [1.29, 1.82) is 0 Å². The number of nitrogens with zero attached hydrogens (tertiary/aromatic N) is 4. The Hall–Kier alpha value is -3.84. The first kappa shape index (κ1) is 19.8. The second-order valence-corrected chi connectivity index (χ2v) is 9.26. The number of aromatic nitrogens is 4. The average molecular weight is 452 g/mol. The van der Waals surface area contributed by atoms with Gasteiger partial charge in [0.25, 0.3) is 0 Å². The van der Waals surface area contributed by atoms with Crippen LogP contribution in [-0.4, -0.2) is 25.3 Å². The third-order valence-corrected chi connectivity index (χ3v) is 7.25. The summed E-state index contributed by atoms with van der Waals surface area (Å²) in [4.78, 5) is 26.9. The fraction of sp³-hybridized carbons (Fsp3) is 0.154. The molecule has 0 spiro atoms. The van der Waals surface area contributed by atoms with Gasteiger partial charge in [0.15, 0.2) is 0 Å². The molecule has 0 radical (unpaired) electrons. The van der Waals surface area contributed by atoms with Crippen molar-refractivity contribution in [3.63, 3.8) is 0 Å². The van der Waals surface area contributed by atoms with Crippen molar-refractivity contribution in [3.05, 3.63) is 90.3 Å². The molecule has 1 aliphatic rings. The van der Waals surface area contributed by atoms with Gasteiger partial charge in [-0.15, -0.1) is 11.3 Å². The number of rotatable bonds is 4. The Morgan fingerprint density at radius 2 is 1.85 bits per heavy atom. The summed E-state index contributed by atoms with van der Waals surface area (Å²) < 4.78 is 3.06. The smallest absolute Gasteiger partial charge is 0.234 e. The van der Waals surface area contributed by atoms with Crippen LogP contribution in [0.5, 0.6) is 0 Å². The van der Waals surface area contributed by atoms with Gasteiger partial charge < -0.3 is 5.32 Å². The highest BCUT2D eigenvalue weighted by Crippen LogP contribution is 2.39. The molecule has 3 heterocycles. The molecule has 1 aliphatic carbocycles. The lowest BCUT2D eigenvalue weighted by molar-refractivity contribution is -0.120. The van der Waals surface area contributed by atoms with Crippen LogP contribution in [-0.2, 0) is 4.79 Å². The van der Waals surface area contributed by atoms with E-state index in [0.29, 0.717) is 5.78 Å². The first-order valence-electron chi connectivity index (χ1n) is 11.0. The lowest BCUT2D eigenvalue weighted by Crippen LogP contribution is -2.29. The topological polar surface area (TPSA) is 72.2 Å². The minimum atomic E-state index is -0.139. The van der Waals surface area contributed by atoms with E-state index in [1.54, 1.807) is 17.5 Å². The van der Waals surface area contributed by atoms with Gasteiger partial charge in [-0.05, 0) is 43.2 Å². The van der Waals surface area contributed by atoms with Gasteiger partial charge in [-0.3, -0.25) is 9.20 Å². The zero-order valence-corrected chi connectivity index (χ0v) is 18.6. The molecule has 6 rings (SSSR count). The third kappa shape index (κ3) is 3.81. The molecule has 2 aromatic carbocycles. The molecule has 1 N–H and O–H groups in total. The van der Waals surface area contributed by atoms with Crippen LogP contribution in [0.4, 0.5) is 5.69 Å². The second-order valence-electron chi connectivity index (χ2n) is 8.20. The number of para-hydroxylation sites is 1. The minimum absolute atomic E-state index is 0.0355. The Morgan fingerprint density at radius 1 is 1.00 bits per heavy atom. The summed E-state index contributed by atoms with van der Waals surface area (Å²) in [6.45, 7) is 0. The van der Waals surface area contributed by atoms with Crippen LogP contribution in [0.1, 0.15) is 23.8 Å². The second kappa shape index (κ2) is 8.26. The lowest BCUT2D eigenvalue weighted by Gasteiger charge is -2.26. The molecule has 7 heteroatoms. The molecule has 0 saturated heterocycles. The van der Waals surface area contributed by atoms with Gasteiger partial charge in [0.1, 0.15) is 0 Å². The molecular formula is C26H21N5OS. The van der Waals surface area contributed by atoms with Crippen molar-refractivity contribution >= 4 is 38.9 Å². The summed E-state index contributed by atoms with van der Waals surface area (Å²) in [6, 6.07) is 17.8. The van der Waals surface area contributed by atoms with E-state index in [-0.39, 0.29) is 17.7 Å². The Morgan fingerprint density at radius 3 is 2.70 bits per heavy atom. The number of imidazole rings is 1. The van der Waals surface area contributed by atoms with Crippen LogP contribution in [0.25, 0.3) is 27.3 Å². The van der Waals surface area contributed by atoms with Crippen LogP contribution >= 0.6 is 11.3 Å². The van der Waals surface area contributed by atoms with Gasteiger partial charge in [-0.1, -0.05) is 36.4 Å². The Labute approximate surface area is 194 Å². The number of fused-ring (bicyclic) bond motifs is 2. The van der Waals surface area contributed by atoms with Gasteiger partial charge in [0.05, 0.1) is 26.8 Å². The van der Waals surface area contributed by atoms with Crippen molar-refractivity contribution in [3.8, 4) is 11.3 Å². The third-order valence-electron chi connectivity index (χ3n) is 6.08. The molecule has 3 aromatic heterocycles. The molecule has 162 valence electrons. The van der Waals surface area contributed by atoms with E-state index < -0.39 is 0 Å². The summed E-state index contributed by atoms with van der Waals surface area (Å²) in [7, 11) is 0. The number of carbonyl (C=O) groups is 1. The zero-order chi connectivity index (χ0) is 22.2. The highest BCUT2D eigenvalue weighted by molar-refractivity contribution is 7.18. The number of benzene rings is 2.